The van der Waals surface area contributed by atoms with Crippen LogP contribution in [0.15, 0.2) is 0 Å². The average molecular weight is 262 g/mol. The second kappa shape index (κ2) is 5.81. The molecule has 0 radical (unpaired) electrons. The zero-order valence-electron chi connectivity index (χ0n) is 10.8. The Balaban J connectivity index is 1.55. The van der Waals surface area contributed by atoms with Gasteiger partial charge in [0.25, 0.3) is 0 Å². The van der Waals surface area contributed by atoms with E-state index in [1.807, 2.05) is 0 Å². The summed E-state index contributed by atoms with van der Waals surface area (Å²) < 4.78 is 0. The van der Waals surface area contributed by atoms with E-state index in [1.165, 1.54) is 32.1 Å². The fourth-order valence-electron chi connectivity index (χ4n) is 2.26. The molecule has 2 fully saturated rings. The molecule has 0 aromatic heterocycles. The van der Waals surface area contributed by atoms with Crippen molar-refractivity contribution in [1.29, 1.82) is 0 Å². The Labute approximate surface area is 107 Å². The summed E-state index contributed by atoms with van der Waals surface area (Å²) in [5.41, 5.74) is 0. The van der Waals surface area contributed by atoms with Crippen LogP contribution in [0.3, 0.4) is 0 Å². The monoisotopic (exact) mass is 262 g/mol. The van der Waals surface area contributed by atoms with E-state index >= 15 is 0 Å². The van der Waals surface area contributed by atoms with Crippen LogP contribution in [0.25, 0.3) is 0 Å². The number of hydrogen-bond acceptors (Lipinski definition) is 6. The SMILES string of the molecule is CCCCCCCCCC1OOC12OOC2(O)O. The number of unbranched alkanes of at least 4 members (excludes halogenated alkanes) is 6. The van der Waals surface area contributed by atoms with Crippen LogP contribution in [-0.2, 0) is 19.6 Å². The van der Waals surface area contributed by atoms with Crippen LogP contribution in [-0.4, -0.2) is 28.1 Å². The molecule has 0 saturated carbocycles. The summed E-state index contributed by atoms with van der Waals surface area (Å²) >= 11 is 0. The van der Waals surface area contributed by atoms with Gasteiger partial charge in [-0.2, -0.15) is 14.7 Å². The first-order valence-corrected chi connectivity index (χ1v) is 6.78. The van der Waals surface area contributed by atoms with Crippen molar-refractivity contribution in [2.45, 2.75) is 76.2 Å². The predicted molar refractivity (Wildman–Crippen MR) is 60.6 cm³/mol. The fraction of sp³-hybridized carbons (Fsp3) is 1.00. The summed E-state index contributed by atoms with van der Waals surface area (Å²) in [5.74, 6) is -3.92. The first-order chi connectivity index (χ1) is 8.62. The Morgan fingerprint density at radius 3 is 2.00 bits per heavy atom. The molecule has 0 aromatic rings. The van der Waals surface area contributed by atoms with Crippen LogP contribution in [0, 0.1) is 0 Å². The third kappa shape index (κ3) is 2.54. The van der Waals surface area contributed by atoms with Crippen LogP contribution in [0.5, 0.6) is 0 Å². The molecule has 0 aliphatic carbocycles. The molecule has 2 saturated heterocycles. The van der Waals surface area contributed by atoms with E-state index in [4.69, 9.17) is 4.89 Å². The molecule has 2 heterocycles. The molecule has 2 N–H and O–H groups in total. The molecule has 2 aliphatic heterocycles. The molecule has 2 unspecified atom stereocenters. The average Bonchev–Trinajstić information content (AvgIpc) is 2.30. The summed E-state index contributed by atoms with van der Waals surface area (Å²) in [6, 6.07) is 0. The van der Waals surface area contributed by atoms with Crippen molar-refractivity contribution in [2.24, 2.45) is 0 Å². The minimum atomic E-state index is -2.39. The predicted octanol–water partition coefficient (Wildman–Crippen LogP) is 1.75. The van der Waals surface area contributed by atoms with Crippen LogP contribution in [0.4, 0.5) is 0 Å². The Bertz CT molecular complexity index is 265. The van der Waals surface area contributed by atoms with Crippen LogP contribution in [0.1, 0.15) is 58.3 Å². The lowest BCUT2D eigenvalue weighted by Gasteiger charge is -2.55. The van der Waals surface area contributed by atoms with Gasteiger partial charge in [0.1, 0.15) is 0 Å². The van der Waals surface area contributed by atoms with Crippen molar-refractivity contribution in [3.63, 3.8) is 0 Å². The van der Waals surface area contributed by atoms with Gasteiger partial charge in [-0.15, -0.1) is 0 Å². The van der Waals surface area contributed by atoms with E-state index in [1.54, 1.807) is 0 Å². The van der Waals surface area contributed by atoms with Gasteiger partial charge in [0.05, 0.1) is 0 Å². The molecule has 0 amide bonds. The molecule has 0 aromatic carbocycles. The topological polar surface area (TPSA) is 77.4 Å². The summed E-state index contributed by atoms with van der Waals surface area (Å²) in [6.45, 7) is 2.20. The summed E-state index contributed by atoms with van der Waals surface area (Å²) in [6.07, 6.45) is 8.53. The molecule has 1 spiro atoms. The Hall–Kier alpha value is -0.240. The second-order valence-corrected chi connectivity index (χ2v) is 5.02. The van der Waals surface area contributed by atoms with E-state index in [0.717, 1.165) is 12.8 Å². The van der Waals surface area contributed by atoms with Gasteiger partial charge in [-0.05, 0) is 6.42 Å². The molecule has 18 heavy (non-hydrogen) atoms. The molecular weight excluding hydrogens is 240 g/mol. The molecular formula is C12H22O6. The maximum atomic E-state index is 9.36. The first kappa shape index (κ1) is 14.2. The molecule has 0 bridgehead atoms. The fourth-order valence-corrected chi connectivity index (χ4v) is 2.26. The second-order valence-electron chi connectivity index (χ2n) is 5.02. The number of rotatable bonds is 8. The molecule has 6 heteroatoms. The van der Waals surface area contributed by atoms with Gasteiger partial charge in [-0.25, -0.2) is 4.89 Å². The van der Waals surface area contributed by atoms with Crippen molar-refractivity contribution in [3.8, 4) is 0 Å². The highest BCUT2D eigenvalue weighted by Crippen LogP contribution is 2.49. The summed E-state index contributed by atoms with van der Waals surface area (Å²) in [5, 5.41) is 18.7. The molecule has 106 valence electrons. The lowest BCUT2D eigenvalue weighted by Crippen LogP contribution is -2.79. The van der Waals surface area contributed by atoms with Gasteiger partial charge in [0, 0.05) is 0 Å². The third-order valence-corrected chi connectivity index (χ3v) is 3.52. The van der Waals surface area contributed by atoms with E-state index in [9.17, 15) is 10.2 Å². The van der Waals surface area contributed by atoms with Crippen LogP contribution in [0.2, 0.25) is 0 Å². The van der Waals surface area contributed by atoms with Crippen molar-refractivity contribution in [2.75, 3.05) is 0 Å². The van der Waals surface area contributed by atoms with Crippen LogP contribution < -0.4 is 0 Å². The minimum absolute atomic E-state index is 0.475. The highest BCUT2D eigenvalue weighted by molar-refractivity contribution is 4.93. The van der Waals surface area contributed by atoms with Gasteiger partial charge in [-0.3, -0.25) is 0 Å². The molecule has 2 atom stereocenters. The van der Waals surface area contributed by atoms with Gasteiger partial charge >= 0.3 is 11.8 Å². The van der Waals surface area contributed by atoms with E-state index in [-0.39, 0.29) is 0 Å². The maximum Gasteiger partial charge on any atom is 0.371 e. The van der Waals surface area contributed by atoms with Crippen molar-refractivity contribution < 1.29 is 29.8 Å². The maximum absolute atomic E-state index is 9.36. The standard InChI is InChI=1S/C12H22O6/c1-2-3-4-5-6-7-8-9-10-11(16-15-10)12(13,14)18-17-11/h10,13-14H,2-9H2,1H3. The largest absolute Gasteiger partial charge is 0.371 e. The van der Waals surface area contributed by atoms with Crippen LogP contribution >= 0.6 is 0 Å². The van der Waals surface area contributed by atoms with Crippen molar-refractivity contribution in [1.82, 2.24) is 0 Å². The smallest absolute Gasteiger partial charge is 0.337 e. The highest BCUT2D eigenvalue weighted by Gasteiger charge is 2.77. The molecule has 6 nitrogen and oxygen atoms in total. The van der Waals surface area contributed by atoms with Crippen molar-refractivity contribution in [3.05, 3.63) is 0 Å². The molecule has 2 aliphatic rings. The van der Waals surface area contributed by atoms with Gasteiger partial charge in [0.15, 0.2) is 6.10 Å². The zero-order valence-corrected chi connectivity index (χ0v) is 10.8. The lowest BCUT2D eigenvalue weighted by molar-refractivity contribution is -0.795. The van der Waals surface area contributed by atoms with Gasteiger partial charge < -0.3 is 10.2 Å². The number of hydrogen-bond donors (Lipinski definition) is 2. The Morgan fingerprint density at radius 1 is 0.889 bits per heavy atom. The third-order valence-electron chi connectivity index (χ3n) is 3.52. The Kier molecular flexibility index (Phi) is 4.58. The quantitative estimate of drug-likeness (QED) is 0.394. The lowest BCUT2D eigenvalue weighted by atomic mass is 9.97. The normalized spacial score (nSPS) is 33.2. The van der Waals surface area contributed by atoms with Crippen molar-refractivity contribution >= 4 is 0 Å². The number of aliphatic hydroxyl groups is 2. The summed E-state index contributed by atoms with van der Waals surface area (Å²) in [7, 11) is 0. The zero-order chi connectivity index (χ0) is 13.1. The van der Waals surface area contributed by atoms with E-state index in [2.05, 4.69) is 21.6 Å². The first-order valence-electron chi connectivity index (χ1n) is 6.78. The van der Waals surface area contributed by atoms with Gasteiger partial charge in [-0.1, -0.05) is 51.9 Å². The minimum Gasteiger partial charge on any atom is -0.337 e. The van der Waals surface area contributed by atoms with E-state index < -0.39 is 17.9 Å². The Morgan fingerprint density at radius 2 is 1.56 bits per heavy atom. The summed E-state index contributed by atoms with van der Waals surface area (Å²) in [4.78, 5) is 18.3. The van der Waals surface area contributed by atoms with E-state index in [0.29, 0.717) is 6.42 Å². The highest BCUT2D eigenvalue weighted by atomic mass is 17.4. The molecule has 2 rings (SSSR count). The van der Waals surface area contributed by atoms with Gasteiger partial charge in [0.2, 0.25) is 0 Å².